The van der Waals surface area contributed by atoms with Gasteiger partial charge in [0.25, 0.3) is 0 Å². The molecule has 70 valence electrons. The molecule has 2 heterocycles. The van der Waals surface area contributed by atoms with Crippen molar-refractivity contribution >= 4 is 18.4 Å². The first-order valence-electron chi connectivity index (χ1n) is 3.84. The van der Waals surface area contributed by atoms with Gasteiger partial charge in [-0.25, -0.2) is 0 Å². The van der Waals surface area contributed by atoms with Gasteiger partial charge < -0.3 is 15.2 Å². The lowest BCUT2D eigenvalue weighted by Crippen LogP contribution is -2.25. The van der Waals surface area contributed by atoms with Crippen LogP contribution in [-0.4, -0.2) is 36.9 Å². The van der Waals surface area contributed by atoms with Crippen LogP contribution in [0.3, 0.4) is 0 Å². The average molecular weight is 194 g/mol. The standard InChI is InChI=1S/C7H11NO3.ClH/c9-7(10)5-3-11-6-2-8-1-4(5)6;/h4-6,8H,1-3H2,(H,9,10);1H/t4-,5-,6-;/m1./s1. The molecular weight excluding hydrogens is 182 g/mol. The van der Waals surface area contributed by atoms with E-state index in [9.17, 15) is 4.79 Å². The minimum atomic E-state index is -0.721. The van der Waals surface area contributed by atoms with Crippen LogP contribution in [0, 0.1) is 11.8 Å². The fourth-order valence-electron chi connectivity index (χ4n) is 1.86. The molecule has 2 fully saturated rings. The van der Waals surface area contributed by atoms with E-state index in [1.54, 1.807) is 0 Å². The second kappa shape index (κ2) is 3.60. The lowest BCUT2D eigenvalue weighted by Gasteiger charge is -2.09. The van der Waals surface area contributed by atoms with Crippen LogP contribution in [0.4, 0.5) is 0 Å². The molecule has 0 unspecified atom stereocenters. The molecule has 2 saturated heterocycles. The molecule has 0 saturated carbocycles. The van der Waals surface area contributed by atoms with Gasteiger partial charge in [-0.05, 0) is 0 Å². The van der Waals surface area contributed by atoms with Crippen LogP contribution in [-0.2, 0) is 9.53 Å². The molecule has 3 atom stereocenters. The van der Waals surface area contributed by atoms with Crippen molar-refractivity contribution in [2.45, 2.75) is 6.10 Å². The number of ether oxygens (including phenoxy) is 1. The zero-order chi connectivity index (χ0) is 7.84. The normalized spacial score (nSPS) is 38.8. The Morgan fingerprint density at radius 2 is 2.25 bits per heavy atom. The maximum atomic E-state index is 10.6. The van der Waals surface area contributed by atoms with Crippen LogP contribution in [0.5, 0.6) is 0 Å². The lowest BCUT2D eigenvalue weighted by atomic mass is 9.94. The third kappa shape index (κ3) is 1.42. The van der Waals surface area contributed by atoms with Crippen molar-refractivity contribution in [3.8, 4) is 0 Å². The largest absolute Gasteiger partial charge is 0.481 e. The number of fused-ring (bicyclic) bond motifs is 1. The highest BCUT2D eigenvalue weighted by molar-refractivity contribution is 5.85. The summed E-state index contributed by atoms with van der Waals surface area (Å²) in [5.41, 5.74) is 0. The maximum Gasteiger partial charge on any atom is 0.309 e. The Bertz CT molecular complexity index is 187. The average Bonchev–Trinajstić information content (AvgIpc) is 2.41. The second-order valence-corrected chi connectivity index (χ2v) is 3.14. The number of carboxylic acids is 1. The Hall–Kier alpha value is -0.320. The van der Waals surface area contributed by atoms with Gasteiger partial charge in [0.2, 0.25) is 0 Å². The number of halogens is 1. The highest BCUT2D eigenvalue weighted by Crippen LogP contribution is 2.29. The van der Waals surface area contributed by atoms with E-state index in [1.807, 2.05) is 0 Å². The summed E-state index contributed by atoms with van der Waals surface area (Å²) in [6, 6.07) is 0. The first-order chi connectivity index (χ1) is 5.29. The highest BCUT2D eigenvalue weighted by atomic mass is 35.5. The molecule has 2 aliphatic heterocycles. The Morgan fingerprint density at radius 3 is 2.92 bits per heavy atom. The first kappa shape index (κ1) is 9.77. The molecule has 2 aliphatic rings. The molecule has 5 heteroatoms. The van der Waals surface area contributed by atoms with Crippen LogP contribution < -0.4 is 5.32 Å². The minimum Gasteiger partial charge on any atom is -0.481 e. The van der Waals surface area contributed by atoms with E-state index in [2.05, 4.69) is 5.32 Å². The van der Waals surface area contributed by atoms with Crippen molar-refractivity contribution in [3.63, 3.8) is 0 Å². The Balaban J connectivity index is 0.000000720. The molecule has 2 rings (SSSR count). The summed E-state index contributed by atoms with van der Waals surface area (Å²) in [5, 5.41) is 11.9. The van der Waals surface area contributed by atoms with Crippen molar-refractivity contribution in [2.24, 2.45) is 11.8 Å². The van der Waals surface area contributed by atoms with Crippen LogP contribution in [0.25, 0.3) is 0 Å². The number of hydrogen-bond donors (Lipinski definition) is 2. The van der Waals surface area contributed by atoms with Crippen molar-refractivity contribution in [3.05, 3.63) is 0 Å². The predicted molar refractivity (Wildman–Crippen MR) is 44.5 cm³/mol. The molecule has 0 aromatic heterocycles. The molecule has 2 N–H and O–H groups in total. The molecule has 4 nitrogen and oxygen atoms in total. The highest BCUT2D eigenvalue weighted by Gasteiger charge is 2.43. The van der Waals surface area contributed by atoms with Gasteiger partial charge in [0, 0.05) is 19.0 Å². The van der Waals surface area contributed by atoms with Gasteiger partial charge >= 0.3 is 5.97 Å². The molecular formula is C7H12ClNO3. The van der Waals surface area contributed by atoms with Gasteiger partial charge in [-0.1, -0.05) is 0 Å². The molecule has 0 aromatic rings. The van der Waals surface area contributed by atoms with E-state index in [4.69, 9.17) is 9.84 Å². The van der Waals surface area contributed by atoms with Crippen LogP contribution in [0.1, 0.15) is 0 Å². The summed E-state index contributed by atoms with van der Waals surface area (Å²) >= 11 is 0. The minimum absolute atomic E-state index is 0. The van der Waals surface area contributed by atoms with Gasteiger partial charge in [-0.3, -0.25) is 4.79 Å². The number of carboxylic acid groups (broad SMARTS) is 1. The van der Waals surface area contributed by atoms with E-state index in [-0.39, 0.29) is 30.3 Å². The zero-order valence-corrected chi connectivity index (χ0v) is 7.34. The van der Waals surface area contributed by atoms with Gasteiger partial charge in [0.05, 0.1) is 18.6 Å². The van der Waals surface area contributed by atoms with Crippen molar-refractivity contribution in [1.82, 2.24) is 5.32 Å². The van der Waals surface area contributed by atoms with E-state index in [0.717, 1.165) is 13.1 Å². The zero-order valence-electron chi connectivity index (χ0n) is 6.53. The maximum absolute atomic E-state index is 10.6. The number of nitrogens with one attached hydrogen (secondary N) is 1. The Kier molecular flexibility index (Phi) is 2.93. The third-order valence-electron chi connectivity index (χ3n) is 2.53. The van der Waals surface area contributed by atoms with Gasteiger partial charge in [-0.2, -0.15) is 0 Å². The van der Waals surface area contributed by atoms with Gasteiger partial charge in [-0.15, -0.1) is 12.4 Å². The summed E-state index contributed by atoms with van der Waals surface area (Å²) in [6.07, 6.45) is 0.149. The predicted octanol–water partition coefficient (Wildman–Crippen LogP) is -0.273. The molecule has 0 aromatic carbocycles. The molecule has 0 amide bonds. The summed E-state index contributed by atoms with van der Waals surface area (Å²) in [4.78, 5) is 10.6. The van der Waals surface area contributed by atoms with E-state index < -0.39 is 5.97 Å². The van der Waals surface area contributed by atoms with Crippen molar-refractivity contribution < 1.29 is 14.6 Å². The monoisotopic (exact) mass is 193 g/mol. The number of hydrogen-bond acceptors (Lipinski definition) is 3. The Morgan fingerprint density at radius 1 is 1.50 bits per heavy atom. The number of carbonyl (C=O) groups is 1. The molecule has 0 aliphatic carbocycles. The van der Waals surface area contributed by atoms with Crippen LogP contribution >= 0.6 is 12.4 Å². The number of rotatable bonds is 1. The van der Waals surface area contributed by atoms with E-state index >= 15 is 0 Å². The quantitative estimate of drug-likeness (QED) is 0.602. The second-order valence-electron chi connectivity index (χ2n) is 3.14. The first-order valence-corrected chi connectivity index (χ1v) is 3.84. The number of aliphatic carboxylic acids is 1. The SMILES string of the molecule is Cl.O=C(O)[C@@H]1CO[C@@H]2CNC[C@@H]21. The fourth-order valence-corrected chi connectivity index (χ4v) is 1.86. The van der Waals surface area contributed by atoms with Gasteiger partial charge in [0.1, 0.15) is 0 Å². The summed E-state index contributed by atoms with van der Waals surface area (Å²) < 4.78 is 5.31. The fraction of sp³-hybridized carbons (Fsp3) is 0.857. The van der Waals surface area contributed by atoms with Crippen LogP contribution in [0.15, 0.2) is 0 Å². The topological polar surface area (TPSA) is 58.6 Å². The van der Waals surface area contributed by atoms with E-state index in [0.29, 0.717) is 6.61 Å². The molecule has 12 heavy (non-hydrogen) atoms. The summed E-state index contributed by atoms with van der Waals surface area (Å²) in [7, 11) is 0. The molecule has 0 spiro atoms. The van der Waals surface area contributed by atoms with Crippen molar-refractivity contribution in [2.75, 3.05) is 19.7 Å². The Labute approximate surface area is 76.7 Å². The van der Waals surface area contributed by atoms with Crippen LogP contribution in [0.2, 0.25) is 0 Å². The lowest BCUT2D eigenvalue weighted by molar-refractivity contribution is -0.142. The van der Waals surface area contributed by atoms with Gasteiger partial charge in [0.15, 0.2) is 0 Å². The summed E-state index contributed by atoms with van der Waals surface area (Å²) in [5.74, 6) is -0.802. The van der Waals surface area contributed by atoms with E-state index in [1.165, 1.54) is 0 Å². The third-order valence-corrected chi connectivity index (χ3v) is 2.53. The summed E-state index contributed by atoms with van der Waals surface area (Å²) in [6.45, 7) is 2.00. The smallest absolute Gasteiger partial charge is 0.309 e. The van der Waals surface area contributed by atoms with Crippen molar-refractivity contribution in [1.29, 1.82) is 0 Å². The molecule has 0 radical (unpaired) electrons. The molecule has 0 bridgehead atoms.